The fourth-order valence-electron chi connectivity index (χ4n) is 3.41. The van der Waals surface area contributed by atoms with E-state index in [1.54, 1.807) is 37.5 Å². The number of ether oxygens (including phenoxy) is 1. The molecule has 0 bridgehead atoms. The SMILES string of the molecule is CCOc1ccc(C(=O)NC2CCN(c3cn(C)c(=O)n(C)c3=O)CC2)cc1. The summed E-state index contributed by atoms with van der Waals surface area (Å²) in [5.74, 6) is 0.630. The minimum Gasteiger partial charge on any atom is -0.494 e. The molecule has 8 nitrogen and oxygen atoms in total. The van der Waals surface area contributed by atoms with E-state index in [1.807, 2.05) is 11.8 Å². The Labute approximate surface area is 163 Å². The van der Waals surface area contributed by atoms with Gasteiger partial charge in [0, 0.05) is 45.0 Å². The van der Waals surface area contributed by atoms with Gasteiger partial charge in [0.2, 0.25) is 0 Å². The molecule has 1 amide bonds. The molecule has 1 aromatic heterocycles. The van der Waals surface area contributed by atoms with Gasteiger partial charge in [0.05, 0.1) is 6.61 Å². The third kappa shape index (κ3) is 4.11. The maximum Gasteiger partial charge on any atom is 0.330 e. The first-order chi connectivity index (χ1) is 13.4. The molecule has 1 N–H and O–H groups in total. The number of amides is 1. The van der Waals surface area contributed by atoms with Crippen LogP contribution in [0.3, 0.4) is 0 Å². The highest BCUT2D eigenvalue weighted by Gasteiger charge is 2.23. The lowest BCUT2D eigenvalue weighted by atomic mass is 10.0. The van der Waals surface area contributed by atoms with Gasteiger partial charge in [-0.2, -0.15) is 0 Å². The highest BCUT2D eigenvalue weighted by atomic mass is 16.5. The highest BCUT2D eigenvalue weighted by molar-refractivity contribution is 5.94. The highest BCUT2D eigenvalue weighted by Crippen LogP contribution is 2.17. The van der Waals surface area contributed by atoms with Crippen molar-refractivity contribution in [2.24, 2.45) is 14.1 Å². The summed E-state index contributed by atoms with van der Waals surface area (Å²) in [5.41, 5.74) is 0.477. The van der Waals surface area contributed by atoms with E-state index >= 15 is 0 Å². The quantitative estimate of drug-likeness (QED) is 0.825. The van der Waals surface area contributed by atoms with Crippen LogP contribution in [0, 0.1) is 0 Å². The predicted molar refractivity (Wildman–Crippen MR) is 107 cm³/mol. The smallest absolute Gasteiger partial charge is 0.330 e. The molecule has 0 atom stereocenters. The van der Waals surface area contributed by atoms with Crippen LogP contribution in [0.5, 0.6) is 5.75 Å². The molecule has 1 aromatic carbocycles. The van der Waals surface area contributed by atoms with Gasteiger partial charge in [-0.25, -0.2) is 4.79 Å². The van der Waals surface area contributed by atoms with Crippen molar-refractivity contribution in [1.82, 2.24) is 14.5 Å². The van der Waals surface area contributed by atoms with E-state index in [0.29, 0.717) is 30.9 Å². The second kappa shape index (κ2) is 8.33. The van der Waals surface area contributed by atoms with E-state index in [2.05, 4.69) is 5.32 Å². The van der Waals surface area contributed by atoms with E-state index < -0.39 is 0 Å². The lowest BCUT2D eigenvalue weighted by Crippen LogP contribution is -2.47. The Kier molecular flexibility index (Phi) is 5.87. The minimum absolute atomic E-state index is 0.0479. The van der Waals surface area contributed by atoms with Gasteiger partial charge in [-0.05, 0) is 44.0 Å². The largest absolute Gasteiger partial charge is 0.494 e. The number of rotatable bonds is 5. The van der Waals surface area contributed by atoms with Crippen molar-refractivity contribution in [3.8, 4) is 5.75 Å². The zero-order chi connectivity index (χ0) is 20.3. The second-order valence-electron chi connectivity index (χ2n) is 6.96. The number of hydrogen-bond acceptors (Lipinski definition) is 5. The van der Waals surface area contributed by atoms with Crippen LogP contribution in [0.15, 0.2) is 40.1 Å². The number of hydrogen-bond donors (Lipinski definition) is 1. The molecule has 0 radical (unpaired) electrons. The molecule has 150 valence electrons. The first kappa shape index (κ1) is 19.7. The van der Waals surface area contributed by atoms with E-state index in [4.69, 9.17) is 4.74 Å². The summed E-state index contributed by atoms with van der Waals surface area (Å²) in [6, 6.07) is 7.13. The van der Waals surface area contributed by atoms with Crippen molar-refractivity contribution in [2.75, 3.05) is 24.6 Å². The average molecular weight is 386 g/mol. The number of carbonyl (C=O) groups is 1. The van der Waals surface area contributed by atoms with Gasteiger partial charge in [-0.1, -0.05) is 0 Å². The van der Waals surface area contributed by atoms with Gasteiger partial charge in [-0.15, -0.1) is 0 Å². The van der Waals surface area contributed by atoms with E-state index in [0.717, 1.165) is 23.2 Å². The lowest BCUT2D eigenvalue weighted by molar-refractivity contribution is 0.0931. The van der Waals surface area contributed by atoms with Gasteiger partial charge in [-0.3, -0.25) is 14.2 Å². The van der Waals surface area contributed by atoms with Gasteiger partial charge >= 0.3 is 5.69 Å². The fourth-order valence-corrected chi connectivity index (χ4v) is 3.41. The minimum atomic E-state index is -0.341. The maximum absolute atomic E-state index is 12.5. The topological polar surface area (TPSA) is 85.6 Å². The molecule has 8 heteroatoms. The normalized spacial score (nSPS) is 14.8. The molecule has 0 aliphatic carbocycles. The number of nitrogens with one attached hydrogen (secondary N) is 1. The molecule has 1 saturated heterocycles. The second-order valence-corrected chi connectivity index (χ2v) is 6.96. The molecule has 2 heterocycles. The summed E-state index contributed by atoms with van der Waals surface area (Å²) in [6.45, 7) is 3.78. The molecular weight excluding hydrogens is 360 g/mol. The number of benzene rings is 1. The number of anilines is 1. The molecule has 1 fully saturated rings. The van der Waals surface area contributed by atoms with E-state index in [9.17, 15) is 14.4 Å². The van der Waals surface area contributed by atoms with Crippen LogP contribution in [0.1, 0.15) is 30.1 Å². The van der Waals surface area contributed by atoms with Crippen LogP contribution in [0.25, 0.3) is 0 Å². The predicted octanol–water partition coefficient (Wildman–Crippen LogP) is 0.882. The summed E-state index contributed by atoms with van der Waals surface area (Å²) in [7, 11) is 3.12. The van der Waals surface area contributed by atoms with Gasteiger partial charge < -0.3 is 19.5 Å². The Hall–Kier alpha value is -3.03. The molecule has 1 aliphatic rings. The Balaban J connectivity index is 1.61. The van der Waals surface area contributed by atoms with Crippen molar-refractivity contribution in [1.29, 1.82) is 0 Å². The van der Waals surface area contributed by atoms with Crippen LogP contribution >= 0.6 is 0 Å². The molecule has 0 unspecified atom stereocenters. The molecule has 2 aromatic rings. The maximum atomic E-state index is 12.5. The number of aromatic nitrogens is 2. The zero-order valence-electron chi connectivity index (χ0n) is 16.5. The van der Waals surface area contributed by atoms with Crippen LogP contribution in [0.2, 0.25) is 0 Å². The Morgan fingerprint density at radius 2 is 1.79 bits per heavy atom. The standard InChI is InChI=1S/C20H26N4O4/c1-4-28-16-7-5-14(6-8-16)18(25)21-15-9-11-24(12-10-15)17-13-22(2)20(27)23(3)19(17)26/h5-8,13,15H,4,9-12H2,1-3H3,(H,21,25). The Morgan fingerprint density at radius 1 is 1.14 bits per heavy atom. The average Bonchev–Trinajstić information content (AvgIpc) is 2.70. The summed E-state index contributed by atoms with van der Waals surface area (Å²) in [5, 5.41) is 3.06. The van der Waals surface area contributed by atoms with Crippen molar-refractivity contribution in [2.45, 2.75) is 25.8 Å². The lowest BCUT2D eigenvalue weighted by Gasteiger charge is -2.33. The number of nitrogens with zero attached hydrogens (tertiary/aromatic N) is 3. The number of aryl methyl sites for hydroxylation is 1. The third-order valence-electron chi connectivity index (χ3n) is 5.03. The van der Waals surface area contributed by atoms with Gasteiger partial charge in [0.15, 0.2) is 0 Å². The first-order valence-corrected chi connectivity index (χ1v) is 9.46. The van der Waals surface area contributed by atoms with Crippen LogP contribution in [-0.2, 0) is 14.1 Å². The summed E-state index contributed by atoms with van der Waals surface area (Å²) < 4.78 is 7.93. The van der Waals surface area contributed by atoms with Crippen molar-refractivity contribution in [3.05, 3.63) is 56.9 Å². The van der Waals surface area contributed by atoms with Crippen LogP contribution in [0.4, 0.5) is 5.69 Å². The molecule has 3 rings (SSSR count). The third-order valence-corrected chi connectivity index (χ3v) is 5.03. The molecular formula is C20H26N4O4. The first-order valence-electron chi connectivity index (χ1n) is 9.46. The summed E-state index contributed by atoms with van der Waals surface area (Å²) in [6.07, 6.45) is 3.05. The number of piperidine rings is 1. The van der Waals surface area contributed by atoms with Crippen LogP contribution < -0.4 is 26.2 Å². The summed E-state index contributed by atoms with van der Waals surface area (Å²) in [4.78, 5) is 38.7. The van der Waals surface area contributed by atoms with Crippen molar-refractivity contribution < 1.29 is 9.53 Å². The van der Waals surface area contributed by atoms with Crippen molar-refractivity contribution >= 4 is 11.6 Å². The van der Waals surface area contributed by atoms with Gasteiger partial charge in [0.1, 0.15) is 11.4 Å². The molecule has 28 heavy (non-hydrogen) atoms. The van der Waals surface area contributed by atoms with E-state index in [-0.39, 0.29) is 23.2 Å². The zero-order valence-corrected chi connectivity index (χ0v) is 16.5. The molecule has 0 spiro atoms. The summed E-state index contributed by atoms with van der Waals surface area (Å²) >= 11 is 0. The van der Waals surface area contributed by atoms with Crippen LogP contribution in [-0.4, -0.2) is 40.8 Å². The monoisotopic (exact) mass is 386 g/mol. The van der Waals surface area contributed by atoms with E-state index in [1.165, 1.54) is 11.6 Å². The Bertz CT molecular complexity index is 954. The fraction of sp³-hybridized carbons (Fsp3) is 0.450. The number of carbonyl (C=O) groups excluding carboxylic acids is 1. The molecule has 1 aliphatic heterocycles. The van der Waals surface area contributed by atoms with Crippen molar-refractivity contribution in [3.63, 3.8) is 0 Å². The Morgan fingerprint density at radius 3 is 2.39 bits per heavy atom. The molecule has 0 saturated carbocycles. The van der Waals surface area contributed by atoms with Gasteiger partial charge in [0.25, 0.3) is 11.5 Å².